The molecule has 0 aliphatic heterocycles. The zero-order valence-electron chi connectivity index (χ0n) is 10.8. The highest BCUT2D eigenvalue weighted by Crippen LogP contribution is 2.12. The highest BCUT2D eigenvalue weighted by atomic mass is 79.9. The van der Waals surface area contributed by atoms with E-state index in [9.17, 15) is 0 Å². The zero-order chi connectivity index (χ0) is 13.5. The molecule has 1 aromatic carbocycles. The van der Waals surface area contributed by atoms with Crippen molar-refractivity contribution in [2.75, 3.05) is 0 Å². The summed E-state index contributed by atoms with van der Waals surface area (Å²) in [5.41, 5.74) is 4.95. The molecule has 18 heavy (non-hydrogen) atoms. The predicted molar refractivity (Wildman–Crippen MR) is 85.0 cm³/mol. The smallest absolute Gasteiger partial charge is 0.187 e. The average molecular weight is 328 g/mol. The van der Waals surface area contributed by atoms with Gasteiger partial charge in [0, 0.05) is 10.5 Å². The molecule has 0 aliphatic carbocycles. The van der Waals surface area contributed by atoms with Crippen LogP contribution in [-0.2, 0) is 0 Å². The number of halogens is 1. The molecular formula is C13H18BrN3S. The number of thiocarbonyl (C=S) groups is 1. The Bertz CT molecular complexity index is 426. The normalized spacial score (nSPS) is 11.5. The maximum atomic E-state index is 5.13. The first-order chi connectivity index (χ1) is 8.52. The van der Waals surface area contributed by atoms with E-state index in [0.717, 1.165) is 22.2 Å². The van der Waals surface area contributed by atoms with E-state index in [2.05, 4.69) is 38.7 Å². The summed E-state index contributed by atoms with van der Waals surface area (Å²) < 4.78 is 1.06. The van der Waals surface area contributed by atoms with Crippen LogP contribution in [0.5, 0.6) is 0 Å². The lowest BCUT2D eigenvalue weighted by atomic mass is 10.1. The SMILES string of the molecule is CC/C(=N/NC(=S)NC(C)C)c1ccc(Br)cc1. The Kier molecular flexibility index (Phi) is 6.29. The van der Waals surface area contributed by atoms with E-state index in [1.165, 1.54) is 0 Å². The molecule has 0 atom stereocenters. The Morgan fingerprint density at radius 1 is 1.33 bits per heavy atom. The topological polar surface area (TPSA) is 36.4 Å². The third-order valence-electron chi connectivity index (χ3n) is 2.22. The van der Waals surface area contributed by atoms with E-state index in [-0.39, 0.29) is 0 Å². The molecule has 98 valence electrons. The van der Waals surface area contributed by atoms with Gasteiger partial charge in [-0.1, -0.05) is 35.0 Å². The van der Waals surface area contributed by atoms with Crippen molar-refractivity contribution in [2.24, 2.45) is 5.10 Å². The summed E-state index contributed by atoms with van der Waals surface area (Å²) in [5.74, 6) is 0. The molecule has 0 saturated heterocycles. The predicted octanol–water partition coefficient (Wildman–Crippen LogP) is 3.44. The maximum Gasteiger partial charge on any atom is 0.187 e. The van der Waals surface area contributed by atoms with E-state index >= 15 is 0 Å². The monoisotopic (exact) mass is 327 g/mol. The Morgan fingerprint density at radius 3 is 2.44 bits per heavy atom. The van der Waals surface area contributed by atoms with Crippen LogP contribution in [0.15, 0.2) is 33.8 Å². The van der Waals surface area contributed by atoms with Crippen LogP contribution in [0, 0.1) is 0 Å². The standard InChI is InChI=1S/C13H18BrN3S/c1-4-12(10-5-7-11(14)8-6-10)16-17-13(18)15-9(2)3/h5-9H,4H2,1-3H3,(H2,15,17,18)/b16-12-. The van der Waals surface area contributed by atoms with E-state index in [0.29, 0.717) is 11.2 Å². The Hall–Kier alpha value is -0.940. The quantitative estimate of drug-likeness (QED) is 0.505. The average Bonchev–Trinajstić information content (AvgIpc) is 2.31. The first kappa shape index (κ1) is 15.1. The number of nitrogens with zero attached hydrogens (tertiary/aromatic N) is 1. The molecule has 1 rings (SSSR count). The number of hydrazone groups is 1. The Balaban J connectivity index is 2.71. The summed E-state index contributed by atoms with van der Waals surface area (Å²) in [5, 5.41) is 7.98. The fraction of sp³-hybridized carbons (Fsp3) is 0.385. The van der Waals surface area contributed by atoms with Crippen molar-refractivity contribution in [3.8, 4) is 0 Å². The summed E-state index contributed by atoms with van der Waals surface area (Å²) in [4.78, 5) is 0. The fourth-order valence-electron chi connectivity index (χ4n) is 1.40. The van der Waals surface area contributed by atoms with Crippen LogP contribution in [0.25, 0.3) is 0 Å². The number of hydrogen-bond acceptors (Lipinski definition) is 2. The van der Waals surface area contributed by atoms with Crippen molar-refractivity contribution in [1.29, 1.82) is 0 Å². The number of hydrogen-bond donors (Lipinski definition) is 2. The highest BCUT2D eigenvalue weighted by molar-refractivity contribution is 9.10. The summed E-state index contributed by atoms with van der Waals surface area (Å²) >= 11 is 8.55. The summed E-state index contributed by atoms with van der Waals surface area (Å²) in [6.45, 7) is 6.14. The Labute approximate surface area is 122 Å². The molecule has 0 aromatic heterocycles. The van der Waals surface area contributed by atoms with Crippen molar-refractivity contribution in [2.45, 2.75) is 33.2 Å². The van der Waals surface area contributed by atoms with Gasteiger partial charge in [0.05, 0.1) is 5.71 Å². The van der Waals surface area contributed by atoms with Crippen LogP contribution in [-0.4, -0.2) is 16.9 Å². The van der Waals surface area contributed by atoms with Crippen molar-refractivity contribution in [1.82, 2.24) is 10.7 Å². The highest BCUT2D eigenvalue weighted by Gasteiger charge is 2.02. The molecule has 2 N–H and O–H groups in total. The van der Waals surface area contributed by atoms with E-state index < -0.39 is 0 Å². The van der Waals surface area contributed by atoms with E-state index in [1.54, 1.807) is 0 Å². The summed E-state index contributed by atoms with van der Waals surface area (Å²) in [7, 11) is 0. The molecule has 0 bridgehead atoms. The lowest BCUT2D eigenvalue weighted by molar-refractivity contribution is 0.719. The lowest BCUT2D eigenvalue weighted by Crippen LogP contribution is -2.37. The van der Waals surface area contributed by atoms with Crippen LogP contribution < -0.4 is 10.7 Å². The molecule has 0 amide bonds. The third kappa shape index (κ3) is 5.14. The molecule has 5 heteroatoms. The summed E-state index contributed by atoms with van der Waals surface area (Å²) in [6.07, 6.45) is 0.846. The molecule has 0 saturated carbocycles. The molecule has 0 spiro atoms. The molecule has 0 heterocycles. The van der Waals surface area contributed by atoms with Gasteiger partial charge >= 0.3 is 0 Å². The lowest BCUT2D eigenvalue weighted by Gasteiger charge is -2.11. The minimum atomic E-state index is 0.304. The fourth-order valence-corrected chi connectivity index (χ4v) is 1.95. The number of benzene rings is 1. The Morgan fingerprint density at radius 2 is 1.94 bits per heavy atom. The minimum absolute atomic E-state index is 0.304. The van der Waals surface area contributed by atoms with Gasteiger partial charge in [-0.25, -0.2) is 0 Å². The van der Waals surface area contributed by atoms with Gasteiger partial charge in [0.2, 0.25) is 0 Å². The van der Waals surface area contributed by atoms with Crippen LogP contribution >= 0.6 is 28.1 Å². The van der Waals surface area contributed by atoms with Crippen molar-refractivity contribution >= 4 is 39.0 Å². The number of nitrogens with one attached hydrogen (secondary N) is 2. The largest absolute Gasteiger partial charge is 0.359 e. The van der Waals surface area contributed by atoms with Crippen LogP contribution in [0.3, 0.4) is 0 Å². The molecule has 0 fully saturated rings. The van der Waals surface area contributed by atoms with Gasteiger partial charge in [0.1, 0.15) is 0 Å². The van der Waals surface area contributed by atoms with Gasteiger partial charge in [-0.2, -0.15) is 5.10 Å². The van der Waals surface area contributed by atoms with Gasteiger partial charge in [-0.15, -0.1) is 0 Å². The molecule has 0 aliphatic rings. The van der Waals surface area contributed by atoms with E-state index in [1.807, 2.05) is 38.1 Å². The second-order valence-corrected chi connectivity index (χ2v) is 5.48. The first-order valence-corrected chi connectivity index (χ1v) is 7.12. The van der Waals surface area contributed by atoms with Gasteiger partial charge < -0.3 is 5.32 Å². The van der Waals surface area contributed by atoms with Crippen LogP contribution in [0.2, 0.25) is 0 Å². The zero-order valence-corrected chi connectivity index (χ0v) is 13.2. The molecular weight excluding hydrogens is 310 g/mol. The van der Waals surface area contributed by atoms with Gasteiger partial charge in [-0.3, -0.25) is 5.43 Å². The third-order valence-corrected chi connectivity index (χ3v) is 2.96. The van der Waals surface area contributed by atoms with Gasteiger partial charge in [0.25, 0.3) is 0 Å². The second kappa shape index (κ2) is 7.48. The number of rotatable bonds is 4. The second-order valence-electron chi connectivity index (χ2n) is 4.16. The van der Waals surface area contributed by atoms with Crippen LogP contribution in [0.4, 0.5) is 0 Å². The van der Waals surface area contributed by atoms with Crippen molar-refractivity contribution in [3.05, 3.63) is 34.3 Å². The van der Waals surface area contributed by atoms with E-state index in [4.69, 9.17) is 12.2 Å². The molecule has 1 aromatic rings. The minimum Gasteiger partial charge on any atom is -0.359 e. The maximum absolute atomic E-state index is 5.13. The van der Waals surface area contributed by atoms with Gasteiger partial charge in [-0.05, 0) is 50.2 Å². The molecule has 0 unspecified atom stereocenters. The van der Waals surface area contributed by atoms with Gasteiger partial charge in [0.15, 0.2) is 5.11 Å². The van der Waals surface area contributed by atoms with Crippen molar-refractivity contribution in [3.63, 3.8) is 0 Å². The first-order valence-electron chi connectivity index (χ1n) is 5.92. The summed E-state index contributed by atoms with van der Waals surface area (Å²) in [6, 6.07) is 8.38. The van der Waals surface area contributed by atoms with Crippen LogP contribution in [0.1, 0.15) is 32.8 Å². The molecule has 3 nitrogen and oxygen atoms in total. The van der Waals surface area contributed by atoms with Crippen molar-refractivity contribution < 1.29 is 0 Å². The molecule has 0 radical (unpaired) electrons.